The van der Waals surface area contributed by atoms with E-state index in [4.69, 9.17) is 19.3 Å². The molecule has 172 valence electrons. The fraction of sp³-hybridized carbons (Fsp3) is 0.348. The number of methoxy groups -OCH3 is 1. The summed E-state index contributed by atoms with van der Waals surface area (Å²) >= 11 is 0. The zero-order chi connectivity index (χ0) is 23.7. The molecule has 32 heavy (non-hydrogen) atoms. The topological polar surface area (TPSA) is 123 Å². The highest BCUT2D eigenvalue weighted by molar-refractivity contribution is 6.07. The molecule has 0 saturated heterocycles. The van der Waals surface area contributed by atoms with Gasteiger partial charge in [-0.2, -0.15) is 0 Å². The van der Waals surface area contributed by atoms with Gasteiger partial charge in [-0.3, -0.25) is 4.79 Å². The molecule has 2 amide bonds. The number of alkyl carbamates (subject to hydrolysis) is 1. The number of carboxylic acids is 1. The van der Waals surface area contributed by atoms with Crippen molar-refractivity contribution in [2.45, 2.75) is 32.8 Å². The van der Waals surface area contributed by atoms with E-state index in [1.807, 2.05) is 0 Å². The summed E-state index contributed by atoms with van der Waals surface area (Å²) in [5, 5.41) is 14.5. The average molecular weight is 444 g/mol. The van der Waals surface area contributed by atoms with E-state index < -0.39 is 23.6 Å². The van der Waals surface area contributed by atoms with Gasteiger partial charge in [0.2, 0.25) is 0 Å². The highest BCUT2D eigenvalue weighted by atomic mass is 16.6. The SMILES string of the molecule is COc1cc(C(=O)O)ccc1NC(=O)c1ccccc1OCCCNC(=O)OC(C)(C)C. The molecule has 0 heterocycles. The van der Waals surface area contributed by atoms with Gasteiger partial charge in [0.1, 0.15) is 17.1 Å². The summed E-state index contributed by atoms with van der Waals surface area (Å²) < 4.78 is 16.1. The maximum absolute atomic E-state index is 12.8. The maximum Gasteiger partial charge on any atom is 0.407 e. The van der Waals surface area contributed by atoms with Crippen LogP contribution in [0.4, 0.5) is 10.5 Å². The maximum atomic E-state index is 12.8. The third-order valence-corrected chi connectivity index (χ3v) is 4.08. The highest BCUT2D eigenvalue weighted by Crippen LogP contribution is 2.27. The van der Waals surface area contributed by atoms with Gasteiger partial charge >= 0.3 is 12.1 Å². The van der Waals surface area contributed by atoms with Crippen molar-refractivity contribution in [2.75, 3.05) is 25.6 Å². The lowest BCUT2D eigenvalue weighted by Gasteiger charge is -2.19. The Morgan fingerprint density at radius 3 is 2.41 bits per heavy atom. The zero-order valence-electron chi connectivity index (χ0n) is 18.6. The molecule has 2 rings (SSSR count). The van der Waals surface area contributed by atoms with Gasteiger partial charge in [0.15, 0.2) is 0 Å². The third kappa shape index (κ3) is 7.50. The molecule has 0 radical (unpaired) electrons. The number of para-hydroxylation sites is 1. The fourth-order valence-electron chi connectivity index (χ4n) is 2.66. The van der Waals surface area contributed by atoms with E-state index in [0.717, 1.165) is 0 Å². The van der Waals surface area contributed by atoms with Crippen molar-refractivity contribution in [1.29, 1.82) is 0 Å². The van der Waals surface area contributed by atoms with Gasteiger partial charge in [-0.1, -0.05) is 12.1 Å². The van der Waals surface area contributed by atoms with Crippen LogP contribution >= 0.6 is 0 Å². The smallest absolute Gasteiger partial charge is 0.407 e. The minimum absolute atomic E-state index is 0.0450. The van der Waals surface area contributed by atoms with Crippen molar-refractivity contribution in [2.24, 2.45) is 0 Å². The number of hydrogen-bond donors (Lipinski definition) is 3. The first-order valence-corrected chi connectivity index (χ1v) is 10.0. The lowest BCUT2D eigenvalue weighted by Crippen LogP contribution is -2.33. The summed E-state index contributed by atoms with van der Waals surface area (Å²) in [5.41, 5.74) is 0.114. The molecule has 0 atom stereocenters. The normalized spacial score (nSPS) is 10.8. The van der Waals surface area contributed by atoms with Crippen LogP contribution in [0, 0.1) is 0 Å². The summed E-state index contributed by atoms with van der Waals surface area (Å²) in [6.45, 7) is 5.99. The Labute approximate surface area is 186 Å². The monoisotopic (exact) mass is 444 g/mol. The van der Waals surface area contributed by atoms with E-state index in [9.17, 15) is 14.4 Å². The summed E-state index contributed by atoms with van der Waals surface area (Å²) in [7, 11) is 1.39. The molecule has 9 nitrogen and oxygen atoms in total. The molecule has 9 heteroatoms. The summed E-state index contributed by atoms with van der Waals surface area (Å²) in [6.07, 6.45) is 0.0137. The average Bonchev–Trinajstić information content (AvgIpc) is 2.72. The molecule has 0 bridgehead atoms. The van der Waals surface area contributed by atoms with Crippen LogP contribution < -0.4 is 20.1 Å². The molecular formula is C23H28N2O7. The van der Waals surface area contributed by atoms with Gasteiger partial charge in [-0.05, 0) is 57.5 Å². The molecule has 0 aliphatic carbocycles. The molecule has 2 aromatic rings. The van der Waals surface area contributed by atoms with Crippen LogP contribution in [-0.2, 0) is 4.74 Å². The summed E-state index contributed by atoms with van der Waals surface area (Å²) in [6, 6.07) is 10.9. The largest absolute Gasteiger partial charge is 0.495 e. The van der Waals surface area contributed by atoms with E-state index in [-0.39, 0.29) is 17.9 Å². The van der Waals surface area contributed by atoms with E-state index in [0.29, 0.717) is 30.0 Å². The van der Waals surface area contributed by atoms with Gasteiger partial charge in [0.25, 0.3) is 5.91 Å². The number of nitrogens with one attached hydrogen (secondary N) is 2. The van der Waals surface area contributed by atoms with Crippen LogP contribution in [-0.4, -0.2) is 48.9 Å². The molecule has 0 fully saturated rings. The Morgan fingerprint density at radius 1 is 1.03 bits per heavy atom. The third-order valence-electron chi connectivity index (χ3n) is 4.08. The highest BCUT2D eigenvalue weighted by Gasteiger charge is 2.17. The van der Waals surface area contributed by atoms with Crippen molar-refractivity contribution in [3.05, 3.63) is 53.6 Å². The quantitative estimate of drug-likeness (QED) is 0.501. The first kappa shape index (κ1) is 24.5. The van der Waals surface area contributed by atoms with Gasteiger partial charge in [0, 0.05) is 6.54 Å². The predicted molar refractivity (Wildman–Crippen MR) is 119 cm³/mol. The van der Waals surface area contributed by atoms with Gasteiger partial charge in [0.05, 0.1) is 30.5 Å². The van der Waals surface area contributed by atoms with Gasteiger partial charge in [-0.25, -0.2) is 9.59 Å². The number of benzene rings is 2. The van der Waals surface area contributed by atoms with Crippen molar-refractivity contribution >= 4 is 23.7 Å². The predicted octanol–water partition coefficient (Wildman–Crippen LogP) is 3.94. The molecule has 0 aromatic heterocycles. The van der Waals surface area contributed by atoms with Crippen molar-refractivity contribution < 1.29 is 33.7 Å². The van der Waals surface area contributed by atoms with E-state index in [1.54, 1.807) is 45.0 Å². The molecule has 0 aliphatic heterocycles. The van der Waals surface area contributed by atoms with Crippen molar-refractivity contribution in [3.8, 4) is 11.5 Å². The zero-order valence-corrected chi connectivity index (χ0v) is 18.6. The van der Waals surface area contributed by atoms with Gasteiger partial charge in [-0.15, -0.1) is 0 Å². The van der Waals surface area contributed by atoms with Crippen molar-refractivity contribution in [3.63, 3.8) is 0 Å². The number of carbonyl (C=O) groups excluding carboxylic acids is 2. The second kappa shape index (κ2) is 11.0. The van der Waals surface area contributed by atoms with Gasteiger partial charge < -0.3 is 30.0 Å². The lowest BCUT2D eigenvalue weighted by molar-refractivity contribution is 0.0524. The molecular weight excluding hydrogens is 416 g/mol. The molecule has 0 spiro atoms. The van der Waals surface area contributed by atoms with E-state index >= 15 is 0 Å². The minimum Gasteiger partial charge on any atom is -0.495 e. The Kier molecular flexibility index (Phi) is 8.46. The number of anilines is 1. The molecule has 2 aromatic carbocycles. The van der Waals surface area contributed by atoms with Crippen LogP contribution in [0.1, 0.15) is 47.9 Å². The van der Waals surface area contributed by atoms with Crippen LogP contribution in [0.2, 0.25) is 0 Å². The van der Waals surface area contributed by atoms with Crippen LogP contribution in [0.15, 0.2) is 42.5 Å². The molecule has 0 aliphatic rings. The van der Waals surface area contributed by atoms with Crippen molar-refractivity contribution in [1.82, 2.24) is 5.32 Å². The Morgan fingerprint density at radius 2 is 1.75 bits per heavy atom. The van der Waals surface area contributed by atoms with Crippen LogP contribution in [0.5, 0.6) is 11.5 Å². The molecule has 0 unspecified atom stereocenters. The number of aromatic carboxylic acids is 1. The Bertz CT molecular complexity index is 967. The number of rotatable bonds is 9. The summed E-state index contributed by atoms with van der Waals surface area (Å²) in [5.74, 6) is -0.928. The first-order chi connectivity index (χ1) is 15.1. The minimum atomic E-state index is -1.10. The molecule has 0 saturated carbocycles. The number of amides is 2. The number of hydrogen-bond acceptors (Lipinski definition) is 6. The standard InChI is InChI=1S/C23H28N2O7/c1-23(2,3)32-22(29)24-12-7-13-31-18-9-6-5-8-16(18)20(26)25-17-11-10-15(21(27)28)14-19(17)30-4/h5-6,8-11,14H,7,12-13H2,1-4H3,(H,24,29)(H,25,26)(H,27,28). The van der Waals surface area contributed by atoms with E-state index in [1.165, 1.54) is 25.3 Å². The number of ether oxygens (including phenoxy) is 3. The number of carbonyl (C=O) groups is 3. The summed E-state index contributed by atoms with van der Waals surface area (Å²) in [4.78, 5) is 35.6. The number of carboxylic acid groups (broad SMARTS) is 1. The second-order valence-corrected chi connectivity index (χ2v) is 7.80. The second-order valence-electron chi connectivity index (χ2n) is 7.80. The Hall–Kier alpha value is -3.75. The fourth-order valence-corrected chi connectivity index (χ4v) is 2.66. The molecule has 3 N–H and O–H groups in total. The van der Waals surface area contributed by atoms with E-state index in [2.05, 4.69) is 10.6 Å². The lowest BCUT2D eigenvalue weighted by atomic mass is 10.1. The van der Waals surface area contributed by atoms with Crippen LogP contribution in [0.25, 0.3) is 0 Å². The Balaban J connectivity index is 1.96. The van der Waals surface area contributed by atoms with Crippen LogP contribution in [0.3, 0.4) is 0 Å². The first-order valence-electron chi connectivity index (χ1n) is 10.0.